The van der Waals surface area contributed by atoms with Crippen LogP contribution in [0.3, 0.4) is 0 Å². The largest absolute Gasteiger partial charge is 0.466 e. The Kier molecular flexibility index (Phi) is 8.32. The minimum absolute atomic E-state index is 0.551. The van der Waals surface area contributed by atoms with Gasteiger partial charge in [-0.2, -0.15) is 0 Å². The summed E-state index contributed by atoms with van der Waals surface area (Å²) >= 11 is 0. The second-order valence-corrected chi connectivity index (χ2v) is 4.09. The Balaban J connectivity index is 0. The smallest absolute Gasteiger partial charge is 0.328 e. The summed E-state index contributed by atoms with van der Waals surface area (Å²) in [6, 6.07) is -1.10. The molecule has 4 amide bonds. The van der Waals surface area contributed by atoms with Gasteiger partial charge < -0.3 is 24.5 Å². The highest BCUT2D eigenvalue weighted by Gasteiger charge is 2.04. The van der Waals surface area contributed by atoms with Crippen LogP contribution in [0.25, 0.3) is 0 Å². The molecule has 0 aromatic carbocycles. The molecular weight excluding hydrogens is 255 g/mol. The molecule has 0 rings (SSSR count). The fraction of sp³-hybridized carbons (Fsp3) is 0.667. The molecule has 11 heteroatoms. The molecule has 0 saturated carbocycles. The summed E-state index contributed by atoms with van der Waals surface area (Å²) in [7, 11) is 1.48. The van der Waals surface area contributed by atoms with Crippen molar-refractivity contribution in [1.29, 1.82) is 0 Å². The third-order valence-electron chi connectivity index (χ3n) is 0.986. The van der Waals surface area contributed by atoms with Crippen LogP contribution in [0.15, 0.2) is 10.2 Å². The van der Waals surface area contributed by atoms with E-state index in [-0.39, 0.29) is 0 Å². The molecule has 0 aliphatic rings. The SMILES string of the molecule is CN(C)C(=O)N=NC(=O)N(C)C.O=P(O)(O)O. The number of azo groups is 1. The molecular formula is C6H15N4O6P. The second-order valence-electron chi connectivity index (χ2n) is 3.07. The molecule has 0 spiro atoms. The number of nitrogens with zero attached hydrogens (tertiary/aromatic N) is 4. The minimum Gasteiger partial charge on any atom is -0.328 e. The van der Waals surface area contributed by atoms with Crippen LogP contribution in [0.2, 0.25) is 0 Å². The molecule has 3 N–H and O–H groups in total. The second kappa shape index (κ2) is 7.85. The first-order valence-electron chi connectivity index (χ1n) is 4.07. The van der Waals surface area contributed by atoms with Crippen LogP contribution in [0.4, 0.5) is 9.59 Å². The van der Waals surface area contributed by atoms with Crippen molar-refractivity contribution in [2.75, 3.05) is 28.2 Å². The third kappa shape index (κ3) is 17.3. The molecule has 0 aliphatic carbocycles. The fourth-order valence-electron chi connectivity index (χ4n) is 0.264. The van der Waals surface area contributed by atoms with Crippen molar-refractivity contribution in [1.82, 2.24) is 9.80 Å². The fourth-order valence-corrected chi connectivity index (χ4v) is 0.264. The summed E-state index contributed by atoms with van der Waals surface area (Å²) in [6.07, 6.45) is 0. The number of urea groups is 2. The highest BCUT2D eigenvalue weighted by atomic mass is 31.2. The Hall–Kier alpha value is -1.35. The first-order chi connectivity index (χ1) is 7.45. The van der Waals surface area contributed by atoms with Gasteiger partial charge >= 0.3 is 19.9 Å². The van der Waals surface area contributed by atoms with Crippen molar-refractivity contribution in [2.45, 2.75) is 0 Å². The maximum Gasteiger partial charge on any atom is 0.466 e. The van der Waals surface area contributed by atoms with Gasteiger partial charge in [0, 0.05) is 28.2 Å². The molecule has 0 heterocycles. The molecule has 0 fully saturated rings. The van der Waals surface area contributed by atoms with Crippen molar-refractivity contribution in [2.24, 2.45) is 10.2 Å². The molecule has 0 saturated heterocycles. The Bertz CT molecular complexity index is 305. The van der Waals surface area contributed by atoms with Gasteiger partial charge in [-0.1, -0.05) is 10.2 Å². The Morgan fingerprint density at radius 2 is 1.06 bits per heavy atom. The molecule has 0 unspecified atom stereocenters. The number of amides is 4. The van der Waals surface area contributed by atoms with E-state index in [1.807, 2.05) is 0 Å². The molecule has 17 heavy (non-hydrogen) atoms. The van der Waals surface area contributed by atoms with Gasteiger partial charge in [0.25, 0.3) is 0 Å². The Morgan fingerprint density at radius 1 is 0.882 bits per heavy atom. The van der Waals surface area contributed by atoms with Gasteiger partial charge in [0.05, 0.1) is 0 Å². The monoisotopic (exact) mass is 270 g/mol. The average molecular weight is 270 g/mol. The zero-order valence-electron chi connectivity index (χ0n) is 9.80. The molecule has 100 valence electrons. The average Bonchev–Trinajstić information content (AvgIpc) is 2.10. The van der Waals surface area contributed by atoms with Gasteiger partial charge in [-0.25, -0.2) is 14.2 Å². The van der Waals surface area contributed by atoms with Gasteiger partial charge in [0.1, 0.15) is 0 Å². The van der Waals surface area contributed by atoms with E-state index in [0.29, 0.717) is 0 Å². The number of hydrogen-bond donors (Lipinski definition) is 3. The molecule has 0 aromatic heterocycles. The summed E-state index contributed by atoms with van der Waals surface area (Å²) in [5.74, 6) is 0. The van der Waals surface area contributed by atoms with Crippen LogP contribution in [0.5, 0.6) is 0 Å². The lowest BCUT2D eigenvalue weighted by molar-refractivity contribution is 0.218. The van der Waals surface area contributed by atoms with Crippen molar-refractivity contribution >= 4 is 19.9 Å². The normalized spacial score (nSPS) is 10.5. The zero-order valence-corrected chi connectivity index (χ0v) is 10.7. The van der Waals surface area contributed by atoms with Gasteiger partial charge in [-0.3, -0.25) is 0 Å². The van der Waals surface area contributed by atoms with E-state index in [0.717, 1.165) is 0 Å². The van der Waals surface area contributed by atoms with E-state index in [1.54, 1.807) is 0 Å². The van der Waals surface area contributed by atoms with Gasteiger partial charge in [0.15, 0.2) is 0 Å². The maximum absolute atomic E-state index is 10.8. The number of rotatable bonds is 0. The maximum atomic E-state index is 10.8. The number of carbonyl (C=O) groups is 2. The van der Waals surface area contributed by atoms with E-state index in [4.69, 9.17) is 19.2 Å². The summed E-state index contributed by atoms with van der Waals surface area (Å²) < 4.78 is 8.88. The first-order valence-corrected chi connectivity index (χ1v) is 5.64. The molecule has 0 aromatic rings. The molecule has 0 bridgehead atoms. The highest BCUT2D eigenvalue weighted by molar-refractivity contribution is 7.45. The Morgan fingerprint density at radius 3 is 1.18 bits per heavy atom. The van der Waals surface area contributed by atoms with E-state index in [2.05, 4.69) is 10.2 Å². The van der Waals surface area contributed by atoms with Crippen LogP contribution in [-0.2, 0) is 4.57 Å². The highest BCUT2D eigenvalue weighted by Crippen LogP contribution is 2.25. The van der Waals surface area contributed by atoms with E-state index in [1.165, 1.54) is 38.0 Å². The lowest BCUT2D eigenvalue weighted by Crippen LogP contribution is -2.20. The first kappa shape index (κ1) is 18.0. The van der Waals surface area contributed by atoms with Crippen molar-refractivity contribution in [3.05, 3.63) is 0 Å². The third-order valence-corrected chi connectivity index (χ3v) is 0.986. The van der Waals surface area contributed by atoms with Crippen LogP contribution in [-0.4, -0.2) is 64.7 Å². The van der Waals surface area contributed by atoms with E-state index < -0.39 is 19.9 Å². The zero-order chi connectivity index (χ0) is 14.2. The van der Waals surface area contributed by atoms with Crippen LogP contribution in [0, 0.1) is 0 Å². The molecule has 0 atom stereocenters. The van der Waals surface area contributed by atoms with Gasteiger partial charge in [0.2, 0.25) is 0 Å². The molecule has 0 radical (unpaired) electrons. The summed E-state index contributed by atoms with van der Waals surface area (Å²) in [6.45, 7) is 0. The quantitative estimate of drug-likeness (QED) is 0.413. The van der Waals surface area contributed by atoms with Crippen LogP contribution >= 0.6 is 7.82 Å². The number of phosphoric acid groups is 1. The topological polar surface area (TPSA) is 143 Å². The molecule has 0 aliphatic heterocycles. The summed E-state index contributed by atoms with van der Waals surface area (Å²) in [5.41, 5.74) is 0. The Labute approximate surface area is 97.8 Å². The lowest BCUT2D eigenvalue weighted by Gasteiger charge is -2.05. The molecule has 10 nitrogen and oxygen atoms in total. The van der Waals surface area contributed by atoms with Crippen molar-refractivity contribution in [3.63, 3.8) is 0 Å². The van der Waals surface area contributed by atoms with E-state index in [9.17, 15) is 9.59 Å². The van der Waals surface area contributed by atoms with Crippen molar-refractivity contribution in [3.8, 4) is 0 Å². The number of carbonyl (C=O) groups excluding carboxylic acids is 2. The van der Waals surface area contributed by atoms with Gasteiger partial charge in [-0.15, -0.1) is 0 Å². The van der Waals surface area contributed by atoms with Crippen LogP contribution in [0.1, 0.15) is 0 Å². The van der Waals surface area contributed by atoms with Crippen LogP contribution < -0.4 is 0 Å². The number of hydrogen-bond acceptors (Lipinski definition) is 3. The lowest BCUT2D eigenvalue weighted by atomic mass is 10.8. The summed E-state index contributed by atoms with van der Waals surface area (Å²) in [5, 5.41) is 6.33. The van der Waals surface area contributed by atoms with Gasteiger partial charge in [-0.05, 0) is 0 Å². The van der Waals surface area contributed by atoms with E-state index >= 15 is 0 Å². The standard InChI is InChI=1S/C6H12N4O2.H3O4P/c1-9(2)5(11)7-8-6(12)10(3)4;1-5(2,3)4/h1-4H3;(H3,1,2,3,4). The predicted octanol–water partition coefficient (Wildman–Crippen LogP) is -0.127. The minimum atomic E-state index is -4.64. The predicted molar refractivity (Wildman–Crippen MR) is 57.3 cm³/mol. The van der Waals surface area contributed by atoms with Crippen molar-refractivity contribution < 1.29 is 28.8 Å². The summed E-state index contributed by atoms with van der Waals surface area (Å²) in [4.78, 5) is 45.5.